The lowest BCUT2D eigenvalue weighted by molar-refractivity contribution is 0.193. The zero-order valence-corrected chi connectivity index (χ0v) is 12.5. The molecule has 116 valence electrons. The Morgan fingerprint density at radius 2 is 2.19 bits per heavy atom. The summed E-state index contributed by atoms with van der Waals surface area (Å²) < 4.78 is 12.1. The number of methoxy groups -OCH3 is 1. The van der Waals surface area contributed by atoms with Crippen LogP contribution in [0.5, 0.6) is 6.01 Å². The van der Waals surface area contributed by atoms with E-state index in [0.29, 0.717) is 12.6 Å². The van der Waals surface area contributed by atoms with Crippen molar-refractivity contribution in [3.05, 3.63) is 11.9 Å². The summed E-state index contributed by atoms with van der Waals surface area (Å²) in [6.45, 7) is 1.43. The van der Waals surface area contributed by atoms with Gasteiger partial charge in [0.1, 0.15) is 0 Å². The fraction of sp³-hybridized carbons (Fsp3) is 0.733. The summed E-state index contributed by atoms with van der Waals surface area (Å²) >= 11 is 0. The molecule has 2 aliphatic rings. The van der Waals surface area contributed by atoms with Crippen molar-refractivity contribution in [1.82, 2.24) is 14.9 Å². The molecule has 0 bridgehead atoms. The van der Waals surface area contributed by atoms with Crippen molar-refractivity contribution >= 4 is 6.03 Å². The Kier molecular flexibility index (Phi) is 4.43. The van der Waals surface area contributed by atoms with Crippen molar-refractivity contribution in [3.8, 4) is 6.01 Å². The van der Waals surface area contributed by atoms with Gasteiger partial charge >= 0.3 is 12.0 Å². The molecule has 21 heavy (non-hydrogen) atoms. The number of hydrogen-bond acceptors (Lipinski definition) is 4. The summed E-state index contributed by atoms with van der Waals surface area (Å²) in [5.74, 6) is 0.266. The molecule has 2 heterocycles. The number of imidazole rings is 1. The number of carbonyl (C=O) groups excluding carboxylic acids is 1. The van der Waals surface area contributed by atoms with Crippen molar-refractivity contribution in [2.24, 2.45) is 0 Å². The number of ether oxygens (including phenoxy) is 2. The van der Waals surface area contributed by atoms with Crippen LogP contribution in [-0.4, -0.2) is 41.9 Å². The Morgan fingerprint density at radius 1 is 1.38 bits per heavy atom. The average molecular weight is 293 g/mol. The summed E-state index contributed by atoms with van der Waals surface area (Å²) in [5, 5.41) is 3.09. The quantitative estimate of drug-likeness (QED) is 0.928. The Balaban J connectivity index is 1.71. The maximum absolute atomic E-state index is 12.4. The Bertz CT molecular complexity index is 488. The third-order valence-electron chi connectivity index (χ3n) is 4.37. The topological polar surface area (TPSA) is 65.4 Å². The molecule has 0 aromatic carbocycles. The molecule has 1 N–H and O–H groups in total. The van der Waals surface area contributed by atoms with Gasteiger partial charge in [0, 0.05) is 24.8 Å². The van der Waals surface area contributed by atoms with Crippen LogP contribution in [0.4, 0.5) is 4.79 Å². The first kappa shape index (κ1) is 14.4. The van der Waals surface area contributed by atoms with Gasteiger partial charge in [-0.25, -0.2) is 9.36 Å². The number of nitrogens with one attached hydrogen (secondary N) is 1. The van der Waals surface area contributed by atoms with Gasteiger partial charge in [-0.2, -0.15) is 4.98 Å². The van der Waals surface area contributed by atoms with Gasteiger partial charge < -0.3 is 14.8 Å². The predicted molar refractivity (Wildman–Crippen MR) is 77.8 cm³/mol. The van der Waals surface area contributed by atoms with E-state index in [0.717, 1.165) is 31.6 Å². The zero-order valence-electron chi connectivity index (χ0n) is 12.5. The number of nitrogens with zero attached hydrogens (tertiary/aromatic N) is 2. The minimum absolute atomic E-state index is 0.142. The number of rotatable bonds is 3. The largest absolute Gasteiger partial charge is 0.468 e. The first-order valence-electron chi connectivity index (χ1n) is 7.80. The molecule has 1 aliphatic carbocycles. The van der Waals surface area contributed by atoms with Gasteiger partial charge in [0.15, 0.2) is 0 Å². The zero-order chi connectivity index (χ0) is 14.7. The van der Waals surface area contributed by atoms with Gasteiger partial charge in [-0.05, 0) is 19.3 Å². The standard InChI is InChI=1S/C15H23N3O3/c1-20-15-17-13(11-7-8-21-10-11)9-18(15)14(19)16-12-5-3-2-4-6-12/h9,11-12H,2-8,10H2,1H3,(H,16,19). The van der Waals surface area contributed by atoms with E-state index >= 15 is 0 Å². The summed E-state index contributed by atoms with van der Waals surface area (Å²) in [6.07, 6.45) is 8.51. The number of aromatic nitrogens is 2. The fourth-order valence-electron chi connectivity index (χ4n) is 3.13. The predicted octanol–water partition coefficient (Wildman–Crippen LogP) is 2.29. The normalized spacial score (nSPS) is 23.2. The minimum Gasteiger partial charge on any atom is -0.468 e. The van der Waals surface area contributed by atoms with E-state index in [1.54, 1.807) is 13.3 Å². The van der Waals surface area contributed by atoms with E-state index < -0.39 is 0 Å². The second-order valence-corrected chi connectivity index (χ2v) is 5.87. The molecule has 1 amide bonds. The molecule has 1 aromatic rings. The van der Waals surface area contributed by atoms with Crippen LogP contribution in [0, 0.1) is 0 Å². The second kappa shape index (κ2) is 6.47. The van der Waals surface area contributed by atoms with Gasteiger partial charge in [-0.1, -0.05) is 19.3 Å². The van der Waals surface area contributed by atoms with Crippen molar-refractivity contribution in [2.45, 2.75) is 50.5 Å². The monoisotopic (exact) mass is 293 g/mol. The molecule has 1 unspecified atom stereocenters. The van der Waals surface area contributed by atoms with Crippen LogP contribution < -0.4 is 10.1 Å². The van der Waals surface area contributed by atoms with Crippen molar-refractivity contribution in [3.63, 3.8) is 0 Å². The molecule has 1 atom stereocenters. The highest BCUT2D eigenvalue weighted by Crippen LogP contribution is 2.26. The molecular formula is C15H23N3O3. The molecule has 0 spiro atoms. The van der Waals surface area contributed by atoms with Gasteiger partial charge in [0.05, 0.1) is 19.4 Å². The molecule has 1 saturated carbocycles. The maximum atomic E-state index is 12.4. The van der Waals surface area contributed by atoms with Crippen molar-refractivity contribution < 1.29 is 14.3 Å². The van der Waals surface area contributed by atoms with Crippen LogP contribution in [-0.2, 0) is 4.74 Å². The van der Waals surface area contributed by atoms with Gasteiger partial charge in [-0.15, -0.1) is 0 Å². The Hall–Kier alpha value is -1.56. The van der Waals surface area contributed by atoms with E-state index in [2.05, 4.69) is 10.3 Å². The van der Waals surface area contributed by atoms with E-state index in [4.69, 9.17) is 9.47 Å². The summed E-state index contributed by atoms with van der Waals surface area (Å²) in [7, 11) is 1.54. The van der Waals surface area contributed by atoms with Crippen molar-refractivity contribution in [2.75, 3.05) is 20.3 Å². The first-order chi connectivity index (χ1) is 10.3. The minimum atomic E-state index is -0.142. The smallest absolute Gasteiger partial charge is 0.329 e. The number of carbonyl (C=O) groups is 1. The molecule has 3 rings (SSSR count). The summed E-state index contributed by atoms with van der Waals surface area (Å²) in [4.78, 5) is 16.8. The fourth-order valence-corrected chi connectivity index (χ4v) is 3.13. The molecule has 2 fully saturated rings. The van der Waals surface area contributed by atoms with Crippen LogP contribution in [0.15, 0.2) is 6.20 Å². The van der Waals surface area contributed by atoms with E-state index in [-0.39, 0.29) is 18.0 Å². The van der Waals surface area contributed by atoms with E-state index in [1.807, 2.05) is 0 Å². The summed E-state index contributed by atoms with van der Waals surface area (Å²) in [5.41, 5.74) is 0.878. The third-order valence-corrected chi connectivity index (χ3v) is 4.37. The molecule has 1 aliphatic heterocycles. The Labute approximate surface area is 124 Å². The van der Waals surface area contributed by atoms with E-state index in [1.165, 1.54) is 23.8 Å². The summed E-state index contributed by atoms with van der Waals surface area (Å²) in [6, 6.07) is 0.484. The van der Waals surface area contributed by atoms with Crippen LogP contribution in [0.3, 0.4) is 0 Å². The van der Waals surface area contributed by atoms with E-state index in [9.17, 15) is 4.79 Å². The first-order valence-corrected chi connectivity index (χ1v) is 7.80. The van der Waals surface area contributed by atoms with Crippen LogP contribution in [0.25, 0.3) is 0 Å². The Morgan fingerprint density at radius 3 is 2.86 bits per heavy atom. The molecule has 1 aromatic heterocycles. The molecule has 6 nitrogen and oxygen atoms in total. The molecule has 1 saturated heterocycles. The average Bonchev–Trinajstić information content (AvgIpc) is 3.17. The molecular weight excluding hydrogens is 270 g/mol. The lowest BCUT2D eigenvalue weighted by Gasteiger charge is -2.22. The van der Waals surface area contributed by atoms with Crippen molar-refractivity contribution in [1.29, 1.82) is 0 Å². The third kappa shape index (κ3) is 3.20. The van der Waals surface area contributed by atoms with Crippen LogP contribution >= 0.6 is 0 Å². The van der Waals surface area contributed by atoms with Gasteiger partial charge in [0.25, 0.3) is 0 Å². The van der Waals surface area contributed by atoms with Gasteiger partial charge in [-0.3, -0.25) is 0 Å². The highest BCUT2D eigenvalue weighted by atomic mass is 16.5. The lowest BCUT2D eigenvalue weighted by atomic mass is 9.96. The number of amides is 1. The molecule has 0 radical (unpaired) electrons. The number of hydrogen-bond donors (Lipinski definition) is 1. The maximum Gasteiger partial charge on any atom is 0.329 e. The van der Waals surface area contributed by atoms with Gasteiger partial charge in [0.2, 0.25) is 0 Å². The highest BCUT2D eigenvalue weighted by molar-refractivity contribution is 5.78. The van der Waals surface area contributed by atoms with Crippen LogP contribution in [0.2, 0.25) is 0 Å². The molecule has 6 heteroatoms. The second-order valence-electron chi connectivity index (χ2n) is 5.87. The highest BCUT2D eigenvalue weighted by Gasteiger charge is 2.25. The SMILES string of the molecule is COc1nc(C2CCOC2)cn1C(=O)NC1CCCCC1. The lowest BCUT2D eigenvalue weighted by Crippen LogP contribution is -2.38. The van der Waals surface area contributed by atoms with Crippen LogP contribution in [0.1, 0.15) is 50.1 Å².